The van der Waals surface area contributed by atoms with Crippen molar-refractivity contribution in [2.24, 2.45) is 0 Å². The zero-order valence-electron chi connectivity index (χ0n) is 18.3. The molecule has 1 amide bonds. The van der Waals surface area contributed by atoms with E-state index in [9.17, 15) is 9.18 Å². The third-order valence-corrected chi connectivity index (χ3v) is 6.62. The Labute approximate surface area is 200 Å². The average molecular weight is 491 g/mol. The van der Waals surface area contributed by atoms with E-state index in [0.717, 1.165) is 25.0 Å². The molecule has 2 unspecified atom stereocenters. The van der Waals surface area contributed by atoms with Gasteiger partial charge in [0, 0.05) is 17.2 Å². The molecule has 10 heteroatoms. The lowest BCUT2D eigenvalue weighted by Crippen LogP contribution is -2.24. The number of thioether (sulfide) groups is 1. The highest BCUT2D eigenvalue weighted by Crippen LogP contribution is 2.31. The zero-order valence-corrected chi connectivity index (χ0v) is 19.8. The molecule has 7 nitrogen and oxygen atoms in total. The van der Waals surface area contributed by atoms with E-state index in [2.05, 4.69) is 15.5 Å². The van der Waals surface area contributed by atoms with Crippen LogP contribution in [-0.4, -0.2) is 45.7 Å². The molecular formula is C23H24ClFN4O3S. The summed E-state index contributed by atoms with van der Waals surface area (Å²) in [6, 6.07) is 11.1. The molecule has 0 radical (unpaired) electrons. The van der Waals surface area contributed by atoms with Crippen LogP contribution < -0.4 is 10.1 Å². The number of rotatable bonds is 8. The monoisotopic (exact) mass is 490 g/mol. The summed E-state index contributed by atoms with van der Waals surface area (Å²) in [7, 11) is 1.53. The molecule has 33 heavy (non-hydrogen) atoms. The van der Waals surface area contributed by atoms with Gasteiger partial charge in [-0.2, -0.15) is 0 Å². The van der Waals surface area contributed by atoms with E-state index >= 15 is 0 Å². The van der Waals surface area contributed by atoms with Crippen LogP contribution in [0.4, 0.5) is 10.1 Å². The number of anilines is 1. The molecule has 3 aromatic rings. The number of hydrogen-bond donors (Lipinski definition) is 1. The first-order valence-electron chi connectivity index (χ1n) is 10.6. The third-order valence-electron chi connectivity index (χ3n) is 5.30. The van der Waals surface area contributed by atoms with Crippen molar-refractivity contribution in [1.29, 1.82) is 0 Å². The summed E-state index contributed by atoms with van der Waals surface area (Å²) in [4.78, 5) is 12.9. The predicted molar refractivity (Wildman–Crippen MR) is 126 cm³/mol. The fraction of sp³-hybridized carbons (Fsp3) is 0.348. The number of halogens is 2. The summed E-state index contributed by atoms with van der Waals surface area (Å²) < 4.78 is 26.5. The summed E-state index contributed by atoms with van der Waals surface area (Å²) in [6.45, 7) is 3.07. The molecular weight excluding hydrogens is 467 g/mol. The lowest BCUT2D eigenvalue weighted by Gasteiger charge is -2.17. The van der Waals surface area contributed by atoms with E-state index in [1.54, 1.807) is 37.3 Å². The van der Waals surface area contributed by atoms with Gasteiger partial charge in [0.05, 0.1) is 30.7 Å². The first-order chi connectivity index (χ1) is 15.9. The molecule has 174 valence electrons. The molecule has 0 aliphatic carbocycles. The second-order valence-electron chi connectivity index (χ2n) is 7.65. The van der Waals surface area contributed by atoms with E-state index in [0.29, 0.717) is 34.0 Å². The average Bonchev–Trinajstić information content (AvgIpc) is 3.45. The van der Waals surface area contributed by atoms with Crippen molar-refractivity contribution in [2.45, 2.75) is 42.8 Å². The van der Waals surface area contributed by atoms with Gasteiger partial charge in [0.1, 0.15) is 11.6 Å². The SMILES string of the molecule is COc1ccc(Cl)cc1NC(=O)C(C)Sc1nnc(-c2ccc(F)cc2)n1CC1CCCO1. The predicted octanol–water partition coefficient (Wildman–Crippen LogP) is 5.04. The van der Waals surface area contributed by atoms with Gasteiger partial charge < -0.3 is 14.8 Å². The smallest absolute Gasteiger partial charge is 0.237 e. The van der Waals surface area contributed by atoms with Crippen molar-refractivity contribution in [2.75, 3.05) is 19.0 Å². The number of nitrogens with one attached hydrogen (secondary N) is 1. The van der Waals surface area contributed by atoms with Gasteiger partial charge in [0.2, 0.25) is 5.91 Å². The minimum absolute atomic E-state index is 0.0411. The van der Waals surface area contributed by atoms with Crippen LogP contribution in [0.15, 0.2) is 47.6 Å². The number of methoxy groups -OCH3 is 1. The van der Waals surface area contributed by atoms with Gasteiger partial charge in [0.25, 0.3) is 0 Å². The van der Waals surface area contributed by atoms with Crippen molar-refractivity contribution >= 4 is 35.0 Å². The van der Waals surface area contributed by atoms with Crippen LogP contribution in [0.25, 0.3) is 11.4 Å². The summed E-state index contributed by atoms with van der Waals surface area (Å²) in [5.41, 5.74) is 1.24. The van der Waals surface area contributed by atoms with Crippen LogP contribution >= 0.6 is 23.4 Å². The molecule has 0 saturated carbocycles. The van der Waals surface area contributed by atoms with Crippen LogP contribution in [0.5, 0.6) is 5.75 Å². The maximum atomic E-state index is 13.4. The van der Waals surface area contributed by atoms with Gasteiger partial charge >= 0.3 is 0 Å². The molecule has 0 bridgehead atoms. The highest BCUT2D eigenvalue weighted by Gasteiger charge is 2.25. The van der Waals surface area contributed by atoms with Gasteiger partial charge in [0.15, 0.2) is 11.0 Å². The largest absolute Gasteiger partial charge is 0.495 e. The second-order valence-corrected chi connectivity index (χ2v) is 9.40. The molecule has 1 fully saturated rings. The third kappa shape index (κ3) is 5.66. The van der Waals surface area contributed by atoms with E-state index in [-0.39, 0.29) is 17.8 Å². The van der Waals surface area contributed by atoms with Crippen LogP contribution in [0.2, 0.25) is 5.02 Å². The molecule has 4 rings (SSSR count). The minimum Gasteiger partial charge on any atom is -0.495 e. The van der Waals surface area contributed by atoms with Crippen molar-refractivity contribution in [3.8, 4) is 17.1 Å². The summed E-state index contributed by atoms with van der Waals surface area (Å²) in [5.74, 6) is 0.582. The number of benzene rings is 2. The number of ether oxygens (including phenoxy) is 2. The number of carbonyl (C=O) groups is 1. The first-order valence-corrected chi connectivity index (χ1v) is 11.8. The Kier molecular flexibility index (Phi) is 7.52. The van der Waals surface area contributed by atoms with Gasteiger partial charge in [-0.15, -0.1) is 10.2 Å². The van der Waals surface area contributed by atoms with Crippen molar-refractivity contribution in [3.05, 3.63) is 53.3 Å². The Balaban J connectivity index is 1.55. The normalized spacial score (nSPS) is 16.5. The maximum absolute atomic E-state index is 13.4. The number of carbonyl (C=O) groups excluding carboxylic acids is 1. The molecule has 1 N–H and O–H groups in total. The van der Waals surface area contributed by atoms with Crippen LogP contribution in [0.1, 0.15) is 19.8 Å². The number of amides is 1. The number of nitrogens with zero attached hydrogens (tertiary/aromatic N) is 3. The quantitative estimate of drug-likeness (QED) is 0.445. The highest BCUT2D eigenvalue weighted by atomic mass is 35.5. The standard InChI is InChI=1S/C23H24ClFN4O3S/c1-14(22(30)26-19-12-16(24)7-10-20(19)31-2)33-23-28-27-21(15-5-8-17(25)9-6-15)29(23)13-18-4-3-11-32-18/h5-10,12,14,18H,3-4,11,13H2,1-2H3,(H,26,30). The molecule has 2 atom stereocenters. The Morgan fingerprint density at radius 3 is 2.82 bits per heavy atom. The van der Waals surface area contributed by atoms with Crippen LogP contribution in [-0.2, 0) is 16.1 Å². The van der Waals surface area contributed by atoms with Crippen LogP contribution in [0, 0.1) is 5.82 Å². The maximum Gasteiger partial charge on any atom is 0.237 e. The highest BCUT2D eigenvalue weighted by molar-refractivity contribution is 8.00. The molecule has 1 aliphatic rings. The van der Waals surface area contributed by atoms with Gasteiger partial charge in [-0.3, -0.25) is 9.36 Å². The Hall–Kier alpha value is -2.62. The van der Waals surface area contributed by atoms with Crippen molar-refractivity contribution in [1.82, 2.24) is 14.8 Å². The summed E-state index contributed by atoms with van der Waals surface area (Å²) in [5, 5.41) is 12.1. The fourth-order valence-electron chi connectivity index (χ4n) is 3.57. The molecule has 1 saturated heterocycles. The van der Waals surface area contributed by atoms with E-state index in [1.165, 1.54) is 31.0 Å². The second kappa shape index (κ2) is 10.5. The summed E-state index contributed by atoms with van der Waals surface area (Å²) >= 11 is 7.36. The number of hydrogen-bond acceptors (Lipinski definition) is 6. The van der Waals surface area contributed by atoms with Crippen molar-refractivity contribution < 1.29 is 18.7 Å². The Morgan fingerprint density at radius 2 is 2.12 bits per heavy atom. The number of aromatic nitrogens is 3. The lowest BCUT2D eigenvalue weighted by atomic mass is 10.2. The van der Waals surface area contributed by atoms with Crippen LogP contribution in [0.3, 0.4) is 0 Å². The topological polar surface area (TPSA) is 78.3 Å². The molecule has 1 aliphatic heterocycles. The fourth-order valence-corrected chi connectivity index (χ4v) is 4.60. The molecule has 2 heterocycles. The van der Waals surface area contributed by atoms with E-state index in [4.69, 9.17) is 21.1 Å². The van der Waals surface area contributed by atoms with Gasteiger partial charge in [-0.05, 0) is 62.2 Å². The Morgan fingerprint density at radius 1 is 1.33 bits per heavy atom. The van der Waals surface area contributed by atoms with Gasteiger partial charge in [-0.25, -0.2) is 4.39 Å². The Bertz CT molecular complexity index is 1120. The first kappa shape index (κ1) is 23.5. The molecule has 2 aromatic carbocycles. The van der Waals surface area contributed by atoms with Crippen molar-refractivity contribution in [3.63, 3.8) is 0 Å². The lowest BCUT2D eigenvalue weighted by molar-refractivity contribution is -0.115. The van der Waals surface area contributed by atoms with Gasteiger partial charge in [-0.1, -0.05) is 23.4 Å². The van der Waals surface area contributed by atoms with E-state index in [1.807, 2.05) is 4.57 Å². The minimum atomic E-state index is -0.484. The summed E-state index contributed by atoms with van der Waals surface area (Å²) in [6.07, 6.45) is 1.98. The zero-order chi connectivity index (χ0) is 23.4. The molecule has 1 aromatic heterocycles. The van der Waals surface area contributed by atoms with E-state index < -0.39 is 5.25 Å². The molecule has 0 spiro atoms.